The molecular weight excluding hydrogens is 367 g/mol. The van der Waals surface area contributed by atoms with E-state index in [4.69, 9.17) is 4.74 Å². The Labute approximate surface area is 133 Å². The highest BCUT2D eigenvalue weighted by atomic mass is 127. The number of allylic oxidation sites excluding steroid dienone is 1. The van der Waals surface area contributed by atoms with E-state index in [1.54, 1.807) is 4.90 Å². The quantitative estimate of drug-likeness (QED) is 0.590. The van der Waals surface area contributed by atoms with Crippen LogP contribution < -0.4 is 0 Å². The predicted molar refractivity (Wildman–Crippen MR) is 87.8 cm³/mol. The molecule has 1 fully saturated rings. The van der Waals surface area contributed by atoms with E-state index in [9.17, 15) is 4.79 Å². The van der Waals surface area contributed by atoms with Gasteiger partial charge in [0.05, 0.1) is 0 Å². The molecule has 1 amide bonds. The summed E-state index contributed by atoms with van der Waals surface area (Å²) in [7, 11) is 0. The Kier molecular flexibility index (Phi) is 5.70. The fraction of sp³-hybridized carbons (Fsp3) is 0.400. The van der Waals surface area contributed by atoms with Crippen molar-refractivity contribution in [2.45, 2.75) is 6.61 Å². The van der Waals surface area contributed by atoms with Crippen molar-refractivity contribution in [3.8, 4) is 0 Å². The summed E-state index contributed by atoms with van der Waals surface area (Å²) in [5.41, 5.74) is 2.14. The van der Waals surface area contributed by atoms with E-state index in [1.165, 1.54) is 0 Å². The average Bonchev–Trinajstić information content (AvgIpc) is 2.53. The van der Waals surface area contributed by atoms with Crippen LogP contribution in [0.2, 0.25) is 0 Å². The standard InChI is InChI=1S/C15H19IN2O2/c1-13(11-16)17-7-9-18(10-8-17)15(19)20-12-14-5-3-2-4-6-14/h2-6H,1,7-12H2. The normalized spacial score (nSPS) is 15.1. The number of halogens is 1. The fourth-order valence-electron chi connectivity index (χ4n) is 2.10. The first-order valence-electron chi connectivity index (χ1n) is 6.65. The minimum Gasteiger partial charge on any atom is -0.445 e. The third-order valence-electron chi connectivity index (χ3n) is 3.34. The van der Waals surface area contributed by atoms with E-state index < -0.39 is 0 Å². The van der Waals surface area contributed by atoms with Gasteiger partial charge in [0.2, 0.25) is 0 Å². The largest absolute Gasteiger partial charge is 0.445 e. The van der Waals surface area contributed by atoms with Crippen molar-refractivity contribution in [2.75, 3.05) is 30.6 Å². The van der Waals surface area contributed by atoms with Crippen LogP contribution in [0.3, 0.4) is 0 Å². The summed E-state index contributed by atoms with van der Waals surface area (Å²) in [6.07, 6.45) is -0.228. The van der Waals surface area contributed by atoms with Crippen LogP contribution in [-0.4, -0.2) is 46.5 Å². The Hall–Kier alpha value is -1.24. The highest BCUT2D eigenvalue weighted by molar-refractivity contribution is 14.1. The maximum Gasteiger partial charge on any atom is 0.410 e. The molecule has 5 heteroatoms. The molecule has 1 aliphatic rings. The van der Waals surface area contributed by atoms with Gasteiger partial charge in [-0.15, -0.1) is 0 Å². The molecule has 0 unspecified atom stereocenters. The van der Waals surface area contributed by atoms with Crippen LogP contribution in [0.1, 0.15) is 5.56 Å². The highest BCUT2D eigenvalue weighted by Crippen LogP contribution is 2.11. The molecular formula is C15H19IN2O2. The maximum atomic E-state index is 12.0. The number of amides is 1. The molecule has 0 N–H and O–H groups in total. The highest BCUT2D eigenvalue weighted by Gasteiger charge is 2.22. The number of piperazine rings is 1. The Balaban J connectivity index is 1.76. The molecule has 20 heavy (non-hydrogen) atoms. The van der Waals surface area contributed by atoms with Gasteiger partial charge in [-0.25, -0.2) is 4.79 Å². The molecule has 0 radical (unpaired) electrons. The Morgan fingerprint density at radius 3 is 2.35 bits per heavy atom. The van der Waals surface area contributed by atoms with Crippen molar-refractivity contribution in [1.82, 2.24) is 9.80 Å². The van der Waals surface area contributed by atoms with E-state index in [2.05, 4.69) is 34.1 Å². The molecule has 0 bridgehead atoms. The van der Waals surface area contributed by atoms with Crippen LogP contribution in [0, 0.1) is 0 Å². The number of alkyl halides is 1. The van der Waals surface area contributed by atoms with Crippen LogP contribution in [-0.2, 0) is 11.3 Å². The topological polar surface area (TPSA) is 32.8 Å². The van der Waals surface area contributed by atoms with E-state index >= 15 is 0 Å². The first-order chi connectivity index (χ1) is 9.70. The maximum absolute atomic E-state index is 12.0. The van der Waals surface area contributed by atoms with Gasteiger partial charge in [0.25, 0.3) is 0 Å². The minimum absolute atomic E-state index is 0.228. The number of hydrogen-bond donors (Lipinski definition) is 0. The molecule has 0 aliphatic carbocycles. The molecule has 1 aliphatic heterocycles. The summed E-state index contributed by atoms with van der Waals surface area (Å²) >= 11 is 2.31. The van der Waals surface area contributed by atoms with Gasteiger partial charge in [0.15, 0.2) is 0 Å². The number of carbonyl (C=O) groups excluding carboxylic acids is 1. The zero-order valence-electron chi connectivity index (χ0n) is 11.4. The lowest BCUT2D eigenvalue weighted by Gasteiger charge is -2.36. The number of carbonyl (C=O) groups is 1. The van der Waals surface area contributed by atoms with E-state index in [1.807, 2.05) is 30.3 Å². The van der Waals surface area contributed by atoms with Gasteiger partial charge < -0.3 is 14.5 Å². The summed E-state index contributed by atoms with van der Waals surface area (Å²) in [5, 5.41) is 0. The van der Waals surface area contributed by atoms with Crippen LogP contribution >= 0.6 is 22.6 Å². The summed E-state index contributed by atoms with van der Waals surface area (Å²) in [6.45, 7) is 7.43. The van der Waals surface area contributed by atoms with Crippen LogP contribution in [0.5, 0.6) is 0 Å². The summed E-state index contributed by atoms with van der Waals surface area (Å²) < 4.78 is 6.26. The van der Waals surface area contributed by atoms with Crippen LogP contribution in [0.4, 0.5) is 4.79 Å². The van der Waals surface area contributed by atoms with Gasteiger partial charge in [0.1, 0.15) is 6.61 Å². The second kappa shape index (κ2) is 7.52. The van der Waals surface area contributed by atoms with Crippen molar-refractivity contribution < 1.29 is 9.53 Å². The minimum atomic E-state index is -0.228. The van der Waals surface area contributed by atoms with Gasteiger partial charge in [0, 0.05) is 36.3 Å². The second-order valence-corrected chi connectivity index (χ2v) is 5.48. The molecule has 0 saturated carbocycles. The van der Waals surface area contributed by atoms with Crippen molar-refractivity contribution in [3.63, 3.8) is 0 Å². The molecule has 1 aromatic rings. The van der Waals surface area contributed by atoms with Gasteiger partial charge >= 0.3 is 6.09 Å². The zero-order valence-corrected chi connectivity index (χ0v) is 13.6. The third-order valence-corrected chi connectivity index (χ3v) is 4.22. The Morgan fingerprint density at radius 1 is 1.15 bits per heavy atom. The molecule has 4 nitrogen and oxygen atoms in total. The lowest BCUT2D eigenvalue weighted by Crippen LogP contribution is -2.48. The molecule has 0 aromatic heterocycles. The van der Waals surface area contributed by atoms with Gasteiger partial charge in [-0.05, 0) is 5.56 Å². The SMILES string of the molecule is C=C(CI)N1CCN(C(=O)OCc2ccccc2)CC1. The van der Waals surface area contributed by atoms with E-state index in [0.717, 1.165) is 28.8 Å². The Morgan fingerprint density at radius 2 is 1.75 bits per heavy atom. The van der Waals surface area contributed by atoms with E-state index in [-0.39, 0.29) is 6.09 Å². The van der Waals surface area contributed by atoms with Gasteiger partial charge in [-0.1, -0.05) is 59.5 Å². The third kappa shape index (κ3) is 4.13. The Bertz CT molecular complexity index is 456. The lowest BCUT2D eigenvalue weighted by atomic mass is 10.2. The number of benzene rings is 1. The molecule has 108 valence electrons. The molecule has 1 aromatic carbocycles. The van der Waals surface area contributed by atoms with Gasteiger partial charge in [-0.3, -0.25) is 0 Å². The zero-order chi connectivity index (χ0) is 14.4. The molecule has 1 heterocycles. The first kappa shape index (κ1) is 15.2. The fourth-order valence-corrected chi connectivity index (χ4v) is 2.58. The second-order valence-electron chi connectivity index (χ2n) is 4.71. The van der Waals surface area contributed by atoms with Crippen molar-refractivity contribution in [1.29, 1.82) is 0 Å². The van der Waals surface area contributed by atoms with Crippen molar-refractivity contribution in [3.05, 3.63) is 48.2 Å². The lowest BCUT2D eigenvalue weighted by molar-refractivity contribution is 0.0782. The van der Waals surface area contributed by atoms with Gasteiger partial charge in [-0.2, -0.15) is 0 Å². The predicted octanol–water partition coefficient (Wildman–Crippen LogP) is 2.89. The summed E-state index contributed by atoms with van der Waals surface area (Å²) in [5.74, 6) is 0. The van der Waals surface area contributed by atoms with Crippen LogP contribution in [0.15, 0.2) is 42.6 Å². The summed E-state index contributed by atoms with van der Waals surface area (Å²) in [4.78, 5) is 16.0. The molecule has 0 spiro atoms. The number of rotatable bonds is 4. The average molecular weight is 386 g/mol. The number of hydrogen-bond acceptors (Lipinski definition) is 3. The van der Waals surface area contributed by atoms with Crippen molar-refractivity contribution >= 4 is 28.7 Å². The number of nitrogens with zero attached hydrogens (tertiary/aromatic N) is 2. The molecule has 1 saturated heterocycles. The van der Waals surface area contributed by atoms with Crippen LogP contribution in [0.25, 0.3) is 0 Å². The molecule has 0 atom stereocenters. The molecule has 2 rings (SSSR count). The summed E-state index contributed by atoms with van der Waals surface area (Å²) in [6, 6.07) is 9.74. The smallest absolute Gasteiger partial charge is 0.410 e. The van der Waals surface area contributed by atoms with E-state index in [0.29, 0.717) is 19.7 Å². The number of ether oxygens (including phenoxy) is 1. The first-order valence-corrected chi connectivity index (χ1v) is 8.17. The monoisotopic (exact) mass is 386 g/mol. The van der Waals surface area contributed by atoms with Crippen molar-refractivity contribution in [2.24, 2.45) is 0 Å².